The molecule has 4 nitrogen and oxygen atoms in total. The third-order valence-corrected chi connectivity index (χ3v) is 4.83. The third kappa shape index (κ3) is 2.97. The van der Waals surface area contributed by atoms with Crippen LogP contribution in [0.5, 0.6) is 5.88 Å². The zero-order chi connectivity index (χ0) is 14.8. The quantitative estimate of drug-likeness (QED) is 0.813. The number of methoxy groups -OCH3 is 1. The molecule has 0 aliphatic carbocycles. The Bertz CT molecular complexity index is 644. The van der Waals surface area contributed by atoms with Crippen LogP contribution in [-0.2, 0) is 0 Å². The van der Waals surface area contributed by atoms with E-state index in [1.165, 1.54) is 6.20 Å². The van der Waals surface area contributed by atoms with Crippen molar-refractivity contribution in [2.24, 2.45) is 0 Å². The number of piperazine rings is 1. The van der Waals surface area contributed by atoms with E-state index in [0.717, 1.165) is 36.5 Å². The summed E-state index contributed by atoms with van der Waals surface area (Å²) in [6.07, 6.45) is 1.23. The van der Waals surface area contributed by atoms with Gasteiger partial charge in [0.15, 0.2) is 5.82 Å². The fourth-order valence-corrected chi connectivity index (χ4v) is 3.52. The van der Waals surface area contributed by atoms with E-state index < -0.39 is 0 Å². The molecule has 0 radical (unpaired) electrons. The Morgan fingerprint density at radius 3 is 2.71 bits per heavy atom. The molecule has 1 aliphatic rings. The topological polar surface area (TPSA) is 28.6 Å². The minimum Gasteiger partial charge on any atom is -0.481 e. The molecule has 0 unspecified atom stereocenters. The van der Waals surface area contributed by atoms with Crippen molar-refractivity contribution >= 4 is 22.7 Å². The van der Waals surface area contributed by atoms with Crippen molar-refractivity contribution in [3.05, 3.63) is 30.2 Å². The number of rotatable bonds is 3. The summed E-state index contributed by atoms with van der Waals surface area (Å²) in [7, 11) is 3.68. The van der Waals surface area contributed by atoms with Crippen molar-refractivity contribution in [2.45, 2.75) is 4.90 Å². The molecule has 0 atom stereocenters. The molecule has 0 N–H and O–H groups in total. The number of ether oxygens (including phenoxy) is 1. The monoisotopic (exact) mass is 307 g/mol. The molecule has 6 heteroatoms. The Kier molecular flexibility index (Phi) is 4.28. The fourth-order valence-electron chi connectivity index (χ4n) is 2.46. The number of hydrogen-bond acceptors (Lipinski definition) is 5. The van der Waals surface area contributed by atoms with Crippen molar-refractivity contribution in [2.75, 3.05) is 40.3 Å². The van der Waals surface area contributed by atoms with Crippen molar-refractivity contribution in [3.63, 3.8) is 0 Å². The molecule has 0 bridgehead atoms. The number of fused-ring (bicyclic) bond motifs is 1. The predicted molar refractivity (Wildman–Crippen MR) is 83.2 cm³/mol. The Balaban J connectivity index is 1.95. The zero-order valence-electron chi connectivity index (χ0n) is 12.2. The maximum atomic E-state index is 14.2. The van der Waals surface area contributed by atoms with Crippen molar-refractivity contribution in [1.29, 1.82) is 0 Å². The lowest BCUT2D eigenvalue weighted by molar-refractivity contribution is 0.233. The molecule has 21 heavy (non-hydrogen) atoms. The first-order valence-electron chi connectivity index (χ1n) is 6.91. The lowest BCUT2D eigenvalue weighted by atomic mass is 10.1. The molecule has 1 aromatic heterocycles. The van der Waals surface area contributed by atoms with Gasteiger partial charge in [-0.15, -0.1) is 0 Å². The summed E-state index contributed by atoms with van der Waals surface area (Å²) in [4.78, 5) is 7.21. The minimum atomic E-state index is -0.303. The van der Waals surface area contributed by atoms with E-state index in [4.69, 9.17) is 4.74 Å². The van der Waals surface area contributed by atoms with Gasteiger partial charge >= 0.3 is 0 Å². The van der Waals surface area contributed by atoms with Crippen molar-refractivity contribution < 1.29 is 9.13 Å². The van der Waals surface area contributed by atoms with Crippen LogP contribution in [0.25, 0.3) is 10.8 Å². The number of nitrogens with zero attached hydrogens (tertiary/aromatic N) is 3. The van der Waals surface area contributed by atoms with E-state index in [9.17, 15) is 4.39 Å². The molecule has 2 heterocycles. The number of likely N-dealkylation sites (N-methyl/N-ethyl adjacent to an activating group) is 1. The third-order valence-electron chi connectivity index (χ3n) is 3.67. The molecule has 1 aromatic carbocycles. The van der Waals surface area contributed by atoms with E-state index in [-0.39, 0.29) is 5.82 Å². The Hall–Kier alpha value is -1.37. The van der Waals surface area contributed by atoms with E-state index in [2.05, 4.69) is 21.2 Å². The number of hydrogen-bond donors (Lipinski definition) is 0. The second-order valence-corrected chi connectivity index (χ2v) is 6.26. The van der Waals surface area contributed by atoms with Crippen molar-refractivity contribution in [3.8, 4) is 5.88 Å². The standard InChI is InChI=1S/C15H18FN3OS/c1-18-6-8-19(9-7-18)21-13-5-3-4-11-14(13)12(16)10-17-15(11)20-2/h3-5,10H,6-9H2,1-2H3. The van der Waals surface area contributed by atoms with Crippen LogP contribution >= 0.6 is 11.9 Å². The molecule has 2 aromatic rings. The first-order chi connectivity index (χ1) is 10.2. The highest BCUT2D eigenvalue weighted by atomic mass is 32.2. The normalized spacial score (nSPS) is 17.3. The summed E-state index contributed by atoms with van der Waals surface area (Å²) < 4.78 is 21.7. The summed E-state index contributed by atoms with van der Waals surface area (Å²) >= 11 is 1.61. The van der Waals surface area contributed by atoms with Gasteiger partial charge in [0.25, 0.3) is 0 Å². The van der Waals surface area contributed by atoms with E-state index >= 15 is 0 Å². The maximum absolute atomic E-state index is 14.2. The molecule has 0 amide bonds. The van der Waals surface area contributed by atoms with Gasteiger partial charge in [0.1, 0.15) is 0 Å². The van der Waals surface area contributed by atoms with Gasteiger partial charge in [-0.3, -0.25) is 0 Å². The first kappa shape index (κ1) is 14.6. The molecule has 1 aliphatic heterocycles. The zero-order valence-corrected chi connectivity index (χ0v) is 13.0. The van der Waals surface area contributed by atoms with Crippen LogP contribution in [0.4, 0.5) is 4.39 Å². The van der Waals surface area contributed by atoms with E-state index in [1.807, 2.05) is 18.2 Å². The molecular formula is C15H18FN3OS. The highest BCUT2D eigenvalue weighted by molar-refractivity contribution is 7.97. The molecule has 1 saturated heterocycles. The Morgan fingerprint density at radius 1 is 1.24 bits per heavy atom. The van der Waals surface area contributed by atoms with Crippen LogP contribution in [0.1, 0.15) is 0 Å². The number of aromatic nitrogens is 1. The van der Waals surface area contributed by atoms with Gasteiger partial charge in [0.05, 0.1) is 13.3 Å². The average Bonchev–Trinajstić information content (AvgIpc) is 2.50. The smallest absolute Gasteiger partial charge is 0.221 e. The van der Waals surface area contributed by atoms with Crippen molar-refractivity contribution in [1.82, 2.24) is 14.2 Å². The van der Waals surface area contributed by atoms with Gasteiger partial charge < -0.3 is 9.64 Å². The van der Waals surface area contributed by atoms with E-state index in [0.29, 0.717) is 11.3 Å². The largest absolute Gasteiger partial charge is 0.481 e. The van der Waals surface area contributed by atoms with Crippen LogP contribution in [0.2, 0.25) is 0 Å². The van der Waals surface area contributed by atoms with Crippen LogP contribution in [0, 0.1) is 5.82 Å². The molecule has 0 saturated carbocycles. The van der Waals surface area contributed by atoms with E-state index in [1.54, 1.807) is 19.1 Å². The highest BCUT2D eigenvalue weighted by Gasteiger charge is 2.18. The van der Waals surface area contributed by atoms with Gasteiger partial charge in [0, 0.05) is 41.8 Å². The molecular weight excluding hydrogens is 289 g/mol. The van der Waals surface area contributed by atoms with Gasteiger partial charge in [-0.1, -0.05) is 6.07 Å². The van der Waals surface area contributed by atoms with Gasteiger partial charge in [-0.05, 0) is 31.1 Å². The van der Waals surface area contributed by atoms with Crippen LogP contribution < -0.4 is 4.74 Å². The molecule has 3 rings (SSSR count). The van der Waals surface area contributed by atoms with Gasteiger partial charge in [-0.25, -0.2) is 13.7 Å². The SMILES string of the molecule is COc1ncc(F)c2c(SN3CCN(C)CC3)cccc12. The second-order valence-electron chi connectivity index (χ2n) is 5.12. The maximum Gasteiger partial charge on any atom is 0.221 e. The number of halogens is 1. The number of pyridine rings is 1. The minimum absolute atomic E-state index is 0.303. The lowest BCUT2D eigenvalue weighted by Gasteiger charge is -2.31. The summed E-state index contributed by atoms with van der Waals surface area (Å²) in [6, 6.07) is 5.72. The molecule has 0 spiro atoms. The average molecular weight is 307 g/mol. The van der Waals surface area contributed by atoms with Crippen LogP contribution in [0.15, 0.2) is 29.3 Å². The summed E-state index contributed by atoms with van der Waals surface area (Å²) in [5.41, 5.74) is 0. The molecule has 112 valence electrons. The predicted octanol–water partition coefficient (Wildman–Crippen LogP) is 2.64. The van der Waals surface area contributed by atoms with Gasteiger partial charge in [0.2, 0.25) is 5.88 Å². The Labute approximate surface area is 128 Å². The van der Waals surface area contributed by atoms with Crippen LogP contribution in [-0.4, -0.2) is 54.5 Å². The molecule has 1 fully saturated rings. The summed E-state index contributed by atoms with van der Waals surface area (Å²) in [5.74, 6) is 0.162. The summed E-state index contributed by atoms with van der Waals surface area (Å²) in [6.45, 7) is 4.01. The first-order valence-corrected chi connectivity index (χ1v) is 7.69. The highest BCUT2D eigenvalue weighted by Crippen LogP contribution is 2.35. The van der Waals surface area contributed by atoms with Gasteiger partial charge in [-0.2, -0.15) is 0 Å². The Morgan fingerprint density at radius 2 is 2.00 bits per heavy atom. The lowest BCUT2D eigenvalue weighted by Crippen LogP contribution is -2.40. The number of benzene rings is 1. The van der Waals surface area contributed by atoms with Crippen LogP contribution in [0.3, 0.4) is 0 Å². The second kappa shape index (κ2) is 6.17. The fraction of sp³-hybridized carbons (Fsp3) is 0.400. The summed E-state index contributed by atoms with van der Waals surface area (Å²) in [5, 5.41) is 1.31.